The van der Waals surface area contributed by atoms with Crippen molar-refractivity contribution in [1.82, 2.24) is 15.3 Å². The predicted molar refractivity (Wildman–Crippen MR) is 89.9 cm³/mol. The zero-order chi connectivity index (χ0) is 18.7. The molecule has 2 aliphatic heterocycles. The number of carbonyl (C=O) groups excluding carboxylic acids is 4. The molecule has 138 valence electrons. The predicted octanol–water partition coefficient (Wildman–Crippen LogP) is 0.0878. The lowest BCUT2D eigenvalue weighted by Crippen LogP contribution is -2.56. The Labute approximate surface area is 151 Å². The molecule has 2 fully saturated rings. The number of hydrogen-bond acceptors (Lipinski definition) is 5. The van der Waals surface area contributed by atoms with E-state index in [1.54, 1.807) is 4.90 Å². The largest absolute Gasteiger partial charge is 0.469 e. The minimum absolute atomic E-state index is 0.0137. The standard InChI is InChI=1S/C18H21N3O5/c1-26-18(25)14-7-15(22)19-21(11-14)17(24)13-8-16(23)20(10-13)9-12-5-3-2-4-6-12/h2-6,13-14H,7-11H2,1H3,(H,19,22). The molecule has 0 bridgehead atoms. The molecule has 0 spiro atoms. The van der Waals surface area contributed by atoms with Gasteiger partial charge < -0.3 is 9.64 Å². The van der Waals surface area contributed by atoms with E-state index in [0.717, 1.165) is 10.6 Å². The summed E-state index contributed by atoms with van der Waals surface area (Å²) in [7, 11) is 1.25. The summed E-state index contributed by atoms with van der Waals surface area (Å²) in [6.45, 7) is 0.795. The number of nitrogens with one attached hydrogen (secondary N) is 1. The van der Waals surface area contributed by atoms with Crippen molar-refractivity contribution in [2.75, 3.05) is 20.2 Å². The van der Waals surface area contributed by atoms with Gasteiger partial charge in [0.05, 0.1) is 25.5 Å². The van der Waals surface area contributed by atoms with Crippen LogP contribution in [0.2, 0.25) is 0 Å². The molecule has 2 unspecified atom stereocenters. The van der Waals surface area contributed by atoms with Crippen molar-refractivity contribution < 1.29 is 23.9 Å². The highest BCUT2D eigenvalue weighted by atomic mass is 16.5. The van der Waals surface area contributed by atoms with E-state index in [-0.39, 0.29) is 31.2 Å². The van der Waals surface area contributed by atoms with Gasteiger partial charge in [-0.3, -0.25) is 29.6 Å². The molecule has 0 saturated carbocycles. The number of hydrazine groups is 1. The van der Waals surface area contributed by atoms with Crippen LogP contribution in [0, 0.1) is 11.8 Å². The monoisotopic (exact) mass is 359 g/mol. The van der Waals surface area contributed by atoms with Crippen molar-refractivity contribution in [3.8, 4) is 0 Å². The van der Waals surface area contributed by atoms with Crippen LogP contribution in [0.4, 0.5) is 0 Å². The number of amides is 3. The summed E-state index contributed by atoms with van der Waals surface area (Å²) in [6, 6.07) is 9.55. The van der Waals surface area contributed by atoms with E-state index in [4.69, 9.17) is 0 Å². The van der Waals surface area contributed by atoms with Gasteiger partial charge in [-0.1, -0.05) is 30.3 Å². The average Bonchev–Trinajstić information content (AvgIpc) is 3.01. The number of benzene rings is 1. The van der Waals surface area contributed by atoms with E-state index in [1.165, 1.54) is 7.11 Å². The third-order valence-corrected chi connectivity index (χ3v) is 4.67. The molecule has 8 heteroatoms. The summed E-state index contributed by atoms with van der Waals surface area (Å²) in [5.74, 6) is -2.61. The Morgan fingerprint density at radius 2 is 1.85 bits per heavy atom. The summed E-state index contributed by atoms with van der Waals surface area (Å²) < 4.78 is 4.67. The molecule has 1 aromatic carbocycles. The Morgan fingerprint density at radius 3 is 2.54 bits per heavy atom. The first-order valence-corrected chi connectivity index (χ1v) is 8.48. The molecule has 1 N–H and O–H groups in total. The van der Waals surface area contributed by atoms with Gasteiger partial charge in [0, 0.05) is 25.9 Å². The molecule has 0 aliphatic carbocycles. The van der Waals surface area contributed by atoms with Crippen LogP contribution >= 0.6 is 0 Å². The summed E-state index contributed by atoms with van der Waals surface area (Å²) in [4.78, 5) is 50.1. The van der Waals surface area contributed by atoms with Crippen LogP contribution in [0.5, 0.6) is 0 Å². The smallest absolute Gasteiger partial charge is 0.311 e. The van der Waals surface area contributed by atoms with Gasteiger partial charge in [-0.2, -0.15) is 0 Å². The van der Waals surface area contributed by atoms with Crippen LogP contribution in [0.15, 0.2) is 30.3 Å². The SMILES string of the molecule is COC(=O)C1CC(=O)NN(C(=O)C2CC(=O)N(Cc3ccccc3)C2)C1. The number of rotatable bonds is 4. The van der Waals surface area contributed by atoms with Crippen LogP contribution in [0.1, 0.15) is 18.4 Å². The summed E-state index contributed by atoms with van der Waals surface area (Å²) in [6.07, 6.45) is 0.0844. The summed E-state index contributed by atoms with van der Waals surface area (Å²) in [5, 5.41) is 1.15. The van der Waals surface area contributed by atoms with Crippen LogP contribution in [0.3, 0.4) is 0 Å². The maximum atomic E-state index is 12.7. The summed E-state index contributed by atoms with van der Waals surface area (Å²) in [5.41, 5.74) is 3.48. The minimum Gasteiger partial charge on any atom is -0.469 e. The van der Waals surface area contributed by atoms with Gasteiger partial charge in [0.15, 0.2) is 0 Å². The highest BCUT2D eigenvalue weighted by Crippen LogP contribution is 2.23. The lowest BCUT2D eigenvalue weighted by Gasteiger charge is -2.32. The van der Waals surface area contributed by atoms with E-state index in [0.29, 0.717) is 13.1 Å². The van der Waals surface area contributed by atoms with Crippen LogP contribution in [-0.2, 0) is 30.5 Å². The van der Waals surface area contributed by atoms with E-state index in [9.17, 15) is 19.2 Å². The Balaban J connectivity index is 1.63. The lowest BCUT2D eigenvalue weighted by atomic mass is 10.0. The maximum absolute atomic E-state index is 12.7. The third kappa shape index (κ3) is 3.84. The number of esters is 1. The highest BCUT2D eigenvalue weighted by molar-refractivity contribution is 5.92. The molecule has 3 amide bonds. The van der Waals surface area contributed by atoms with Gasteiger partial charge in [-0.05, 0) is 5.56 Å². The normalized spacial score (nSPS) is 23.0. The fourth-order valence-electron chi connectivity index (χ4n) is 3.33. The highest BCUT2D eigenvalue weighted by Gasteiger charge is 2.40. The Bertz CT molecular complexity index is 721. The Morgan fingerprint density at radius 1 is 1.12 bits per heavy atom. The van der Waals surface area contributed by atoms with Gasteiger partial charge in [0.25, 0.3) is 0 Å². The number of carbonyl (C=O) groups is 4. The fourth-order valence-corrected chi connectivity index (χ4v) is 3.33. The second-order valence-corrected chi connectivity index (χ2v) is 6.57. The first kappa shape index (κ1) is 17.9. The number of ether oxygens (including phenoxy) is 1. The molecule has 3 rings (SSSR count). The number of nitrogens with zero attached hydrogens (tertiary/aromatic N) is 2. The van der Waals surface area contributed by atoms with Gasteiger partial charge in [0.1, 0.15) is 0 Å². The van der Waals surface area contributed by atoms with Gasteiger partial charge in [0.2, 0.25) is 17.7 Å². The molecule has 26 heavy (non-hydrogen) atoms. The van der Waals surface area contributed by atoms with Gasteiger partial charge in [-0.15, -0.1) is 0 Å². The van der Waals surface area contributed by atoms with Crippen molar-refractivity contribution >= 4 is 23.7 Å². The Hall–Kier alpha value is -2.90. The topological polar surface area (TPSA) is 96.0 Å². The third-order valence-electron chi connectivity index (χ3n) is 4.67. The van der Waals surface area contributed by atoms with Crippen molar-refractivity contribution in [1.29, 1.82) is 0 Å². The zero-order valence-corrected chi connectivity index (χ0v) is 14.5. The molecular weight excluding hydrogens is 338 g/mol. The fraction of sp³-hybridized carbons (Fsp3) is 0.444. The van der Waals surface area contributed by atoms with Crippen LogP contribution < -0.4 is 5.43 Å². The van der Waals surface area contributed by atoms with Crippen molar-refractivity contribution in [2.24, 2.45) is 11.8 Å². The molecule has 8 nitrogen and oxygen atoms in total. The van der Waals surface area contributed by atoms with E-state index in [2.05, 4.69) is 10.2 Å². The second-order valence-electron chi connectivity index (χ2n) is 6.57. The van der Waals surface area contributed by atoms with Gasteiger partial charge >= 0.3 is 5.97 Å². The number of hydrogen-bond donors (Lipinski definition) is 1. The van der Waals surface area contributed by atoms with Crippen LogP contribution in [-0.4, -0.2) is 53.8 Å². The molecule has 2 saturated heterocycles. The zero-order valence-electron chi connectivity index (χ0n) is 14.5. The average molecular weight is 359 g/mol. The number of methoxy groups -OCH3 is 1. The molecular formula is C18H21N3O5. The first-order chi connectivity index (χ1) is 12.5. The van der Waals surface area contributed by atoms with Gasteiger partial charge in [-0.25, -0.2) is 0 Å². The van der Waals surface area contributed by atoms with Crippen LogP contribution in [0.25, 0.3) is 0 Å². The molecule has 2 heterocycles. The maximum Gasteiger partial charge on any atom is 0.311 e. The van der Waals surface area contributed by atoms with Crippen molar-refractivity contribution in [3.05, 3.63) is 35.9 Å². The second kappa shape index (κ2) is 7.55. The quantitative estimate of drug-likeness (QED) is 0.769. The van der Waals surface area contributed by atoms with E-state index < -0.39 is 23.7 Å². The molecule has 1 aromatic rings. The summed E-state index contributed by atoms with van der Waals surface area (Å²) >= 11 is 0. The molecule has 0 aromatic heterocycles. The lowest BCUT2D eigenvalue weighted by molar-refractivity contribution is -0.158. The van der Waals surface area contributed by atoms with E-state index in [1.807, 2.05) is 30.3 Å². The Kier molecular flexibility index (Phi) is 5.20. The van der Waals surface area contributed by atoms with Crippen molar-refractivity contribution in [2.45, 2.75) is 19.4 Å². The molecule has 2 atom stereocenters. The van der Waals surface area contributed by atoms with E-state index >= 15 is 0 Å². The molecule has 0 radical (unpaired) electrons. The minimum atomic E-state index is -0.685. The number of likely N-dealkylation sites (tertiary alicyclic amines) is 1. The first-order valence-electron chi connectivity index (χ1n) is 8.48. The molecule has 2 aliphatic rings. The van der Waals surface area contributed by atoms with Crippen molar-refractivity contribution in [3.63, 3.8) is 0 Å².